The summed E-state index contributed by atoms with van der Waals surface area (Å²) in [5.41, 5.74) is 12.5. The van der Waals surface area contributed by atoms with Crippen LogP contribution in [-0.2, 0) is 21.1 Å². The van der Waals surface area contributed by atoms with Crippen LogP contribution >= 0.6 is 0 Å². The van der Waals surface area contributed by atoms with Crippen molar-refractivity contribution in [2.45, 2.75) is 0 Å². The van der Waals surface area contributed by atoms with Crippen LogP contribution in [0.25, 0.3) is 23.5 Å². The molecule has 4 nitrogen and oxygen atoms in total. The van der Waals surface area contributed by atoms with Crippen molar-refractivity contribution in [3.05, 3.63) is 192 Å². The molecule has 0 bridgehead atoms. The van der Waals surface area contributed by atoms with E-state index in [1.165, 1.54) is 22.5 Å². The molecule has 0 atom stereocenters. The molecular formula is C40H28N4Pt. The average Bonchev–Trinajstić information content (AvgIpc) is 3.63. The van der Waals surface area contributed by atoms with E-state index in [-0.39, 0.29) is 21.1 Å². The second-order valence-electron chi connectivity index (χ2n) is 10.8. The molecule has 0 aliphatic carbocycles. The van der Waals surface area contributed by atoms with Crippen LogP contribution in [0, 0.1) is 12.8 Å². The Balaban J connectivity index is 0.00000325. The molecule has 5 heteroatoms. The Morgan fingerprint density at radius 3 is 1.27 bits per heavy atom. The van der Waals surface area contributed by atoms with Crippen molar-refractivity contribution < 1.29 is 21.1 Å². The zero-order valence-corrected chi connectivity index (χ0v) is 26.5. The maximum Gasteiger partial charge on any atom is 2.00 e. The molecule has 0 saturated heterocycles. The molecule has 2 aliphatic rings. The normalized spacial score (nSPS) is 14.8. The van der Waals surface area contributed by atoms with Crippen molar-refractivity contribution in [3.8, 4) is 11.4 Å². The molecule has 2 aromatic heterocycles. The molecule has 6 aromatic rings. The van der Waals surface area contributed by atoms with Crippen LogP contribution in [0.15, 0.2) is 157 Å². The third-order valence-electron chi connectivity index (χ3n) is 7.90. The van der Waals surface area contributed by atoms with Gasteiger partial charge < -0.3 is 9.80 Å². The molecule has 0 saturated carbocycles. The molecule has 4 aromatic carbocycles. The Kier molecular flexibility index (Phi) is 7.81. The van der Waals surface area contributed by atoms with Crippen molar-refractivity contribution >= 4 is 34.9 Å². The van der Waals surface area contributed by atoms with Gasteiger partial charge in [0.05, 0.1) is 11.4 Å². The van der Waals surface area contributed by atoms with Gasteiger partial charge in [-0.3, -0.25) is 9.97 Å². The molecule has 45 heavy (non-hydrogen) atoms. The number of pyridine rings is 2. The maximum atomic E-state index is 5.04. The number of hydrogen-bond acceptors (Lipinski definition) is 4. The van der Waals surface area contributed by atoms with E-state index in [4.69, 9.17) is 9.97 Å². The fraction of sp³-hybridized carbons (Fsp3) is 0. The first-order chi connectivity index (χ1) is 21.8. The molecule has 0 spiro atoms. The maximum absolute atomic E-state index is 5.04. The van der Waals surface area contributed by atoms with Gasteiger partial charge in [0.2, 0.25) is 0 Å². The van der Waals surface area contributed by atoms with E-state index >= 15 is 0 Å². The molecule has 218 valence electrons. The van der Waals surface area contributed by atoms with E-state index in [9.17, 15) is 0 Å². The number of anilines is 4. The number of hydrogen-bond donors (Lipinski definition) is 0. The van der Waals surface area contributed by atoms with Gasteiger partial charge in [-0.25, -0.2) is 0 Å². The molecule has 0 unspecified atom stereocenters. The second kappa shape index (κ2) is 12.4. The first-order valence-electron chi connectivity index (χ1n) is 14.8. The van der Waals surface area contributed by atoms with Crippen LogP contribution in [0.1, 0.15) is 22.5 Å². The Morgan fingerprint density at radius 1 is 0.422 bits per heavy atom. The Bertz CT molecular complexity index is 1890. The molecule has 4 heterocycles. The summed E-state index contributed by atoms with van der Waals surface area (Å²) in [6.45, 7) is 0. The van der Waals surface area contributed by atoms with Crippen molar-refractivity contribution in [2.24, 2.45) is 0 Å². The summed E-state index contributed by atoms with van der Waals surface area (Å²) in [6, 6.07) is 50.1. The van der Waals surface area contributed by atoms with Crippen LogP contribution in [0.3, 0.4) is 0 Å². The molecule has 8 rings (SSSR count). The van der Waals surface area contributed by atoms with E-state index in [0.29, 0.717) is 0 Å². The van der Waals surface area contributed by atoms with Gasteiger partial charge in [-0.15, -0.1) is 48.2 Å². The SMILES string of the molecule is C(=C1/[CH-]c2ccccc2N1c1ccccc1)/c1cccc(-c2cccc(/C=C3\[CH-]c4ccccc4N3c3ccccc3)n2)n1.[Pt+2]. The molecule has 0 fully saturated rings. The van der Waals surface area contributed by atoms with Crippen molar-refractivity contribution in [2.75, 3.05) is 9.80 Å². The predicted molar refractivity (Wildman–Crippen MR) is 180 cm³/mol. The van der Waals surface area contributed by atoms with Crippen molar-refractivity contribution in [3.63, 3.8) is 0 Å². The monoisotopic (exact) mass is 759 g/mol. The van der Waals surface area contributed by atoms with E-state index < -0.39 is 0 Å². The predicted octanol–water partition coefficient (Wildman–Crippen LogP) is 9.63. The smallest absolute Gasteiger partial charge is 0.368 e. The summed E-state index contributed by atoms with van der Waals surface area (Å²) in [4.78, 5) is 14.6. The zero-order chi connectivity index (χ0) is 29.3. The summed E-state index contributed by atoms with van der Waals surface area (Å²) in [5, 5.41) is 0. The molecule has 0 amide bonds. The Hall–Kier alpha value is -5.31. The van der Waals surface area contributed by atoms with Crippen molar-refractivity contribution in [1.29, 1.82) is 0 Å². The van der Waals surface area contributed by atoms with E-state index in [1.807, 2.05) is 36.4 Å². The zero-order valence-electron chi connectivity index (χ0n) is 24.3. The minimum absolute atomic E-state index is 0. The number of aromatic nitrogens is 2. The Morgan fingerprint density at radius 2 is 0.822 bits per heavy atom. The number of rotatable bonds is 5. The number of allylic oxidation sites excluding steroid dienone is 2. The molecule has 0 radical (unpaired) electrons. The van der Waals surface area contributed by atoms with Gasteiger partial charge in [-0.1, -0.05) is 84.9 Å². The average molecular weight is 760 g/mol. The summed E-state index contributed by atoms with van der Waals surface area (Å²) in [5.74, 6) is 0. The van der Waals surface area contributed by atoms with Gasteiger partial charge >= 0.3 is 21.1 Å². The van der Waals surface area contributed by atoms with E-state index in [0.717, 1.165) is 45.5 Å². The van der Waals surface area contributed by atoms with Gasteiger partial charge in [-0.2, -0.15) is 0 Å². The van der Waals surface area contributed by atoms with Crippen molar-refractivity contribution in [1.82, 2.24) is 9.97 Å². The topological polar surface area (TPSA) is 32.3 Å². The van der Waals surface area contributed by atoms with Gasteiger partial charge in [0.25, 0.3) is 0 Å². The van der Waals surface area contributed by atoms with Gasteiger partial charge in [0, 0.05) is 22.8 Å². The third kappa shape index (κ3) is 5.57. The fourth-order valence-corrected chi connectivity index (χ4v) is 5.95. The van der Waals surface area contributed by atoms with Crippen LogP contribution in [0.2, 0.25) is 0 Å². The minimum Gasteiger partial charge on any atom is -0.368 e. The van der Waals surface area contributed by atoms with Crippen LogP contribution in [0.4, 0.5) is 22.7 Å². The summed E-state index contributed by atoms with van der Waals surface area (Å²) in [6.07, 6.45) is 8.72. The Labute approximate surface area is 278 Å². The summed E-state index contributed by atoms with van der Waals surface area (Å²) in [7, 11) is 0. The second-order valence-corrected chi connectivity index (χ2v) is 10.8. The largest absolute Gasteiger partial charge is 2.00 e. The van der Waals surface area contributed by atoms with Gasteiger partial charge in [-0.05, 0) is 71.3 Å². The molecule has 0 N–H and O–H groups in total. The van der Waals surface area contributed by atoms with Crippen LogP contribution < -0.4 is 9.80 Å². The molecular weight excluding hydrogens is 732 g/mol. The third-order valence-corrected chi connectivity index (χ3v) is 7.90. The number of fused-ring (bicyclic) bond motifs is 2. The van der Waals surface area contributed by atoms with Gasteiger partial charge in [0.15, 0.2) is 0 Å². The standard InChI is InChI=1S/C40H28N4.Pt/c1-3-17-33(18-4-1)43-35(25-29-13-7-9-23-39(29)43)27-31-15-11-21-37(41-31)38-22-12-16-32(42-38)28-36-26-30-14-8-10-24-40(30)44(36)34-19-5-2-6-20-34;/h1-28H;/q-2;+2/b35-27+,36-28+;. The minimum atomic E-state index is 0. The molecule has 2 aliphatic heterocycles. The van der Waals surface area contributed by atoms with Gasteiger partial charge in [0.1, 0.15) is 0 Å². The number of para-hydroxylation sites is 4. The summed E-state index contributed by atoms with van der Waals surface area (Å²) < 4.78 is 0. The first kappa shape index (κ1) is 28.5. The van der Waals surface area contributed by atoms with Crippen LogP contribution in [0.5, 0.6) is 0 Å². The van der Waals surface area contributed by atoms with Crippen LogP contribution in [-0.4, -0.2) is 9.97 Å². The number of benzene rings is 4. The van der Waals surface area contributed by atoms with E-state index in [2.05, 4.69) is 144 Å². The quantitative estimate of drug-likeness (QED) is 0.164. The summed E-state index contributed by atoms with van der Waals surface area (Å²) >= 11 is 0. The van der Waals surface area contributed by atoms with E-state index in [1.54, 1.807) is 0 Å². The first-order valence-corrected chi connectivity index (χ1v) is 14.8. The fourth-order valence-electron chi connectivity index (χ4n) is 5.95. The number of nitrogens with zero attached hydrogens (tertiary/aromatic N) is 4.